The quantitative estimate of drug-likeness (QED) is 0.187. The number of hydrogen-bond donors (Lipinski definition) is 0. The van der Waals surface area contributed by atoms with Crippen molar-refractivity contribution in [1.29, 1.82) is 0 Å². The molecular weight excluding hydrogens is 603 g/mol. The molecule has 0 fully saturated rings. The maximum Gasteiger partial charge on any atom is 0.240 e. The summed E-state index contributed by atoms with van der Waals surface area (Å²) in [6, 6.07) is 5.50. The van der Waals surface area contributed by atoms with E-state index in [9.17, 15) is 0 Å². The van der Waals surface area contributed by atoms with Gasteiger partial charge in [0.2, 0.25) is 11.9 Å². The van der Waals surface area contributed by atoms with Crippen LogP contribution in [0.3, 0.4) is 0 Å². The molecule has 0 saturated heterocycles. The minimum atomic E-state index is -0.704. The Labute approximate surface area is 303 Å². The Morgan fingerprint density at radius 1 is 0.490 bits per heavy atom. The van der Waals surface area contributed by atoms with E-state index in [0.29, 0.717) is 11.5 Å². The normalized spacial score (nSPS) is 16.2. The van der Waals surface area contributed by atoms with Crippen LogP contribution < -0.4 is 0 Å². The lowest BCUT2D eigenvalue weighted by Crippen LogP contribution is -2.11. The minimum absolute atomic E-state index is 0.179. The number of fused-ring (bicyclic) bond motifs is 6. The zero-order valence-electron chi connectivity index (χ0n) is 41.0. The second-order valence-corrected chi connectivity index (χ2v) is 10.8. The Kier molecular flexibility index (Phi) is 3.51. The van der Waals surface area contributed by atoms with Crippen LogP contribution in [0, 0.1) is 0 Å². The SMILES string of the molecule is [2H]c1c([2H])c([2H])c2c(c1[2H])c1c([2H])c([2H])c([2H])c([2H])c1n2-c1nc(-c2ccccc2-n2ccnc2-c2ccccc2)nc(-n2c3c([2H])c([2H])c([2H])c([2H])c3c3c([2H])c([2H])c([2H])c([2H])c32)n1. The van der Waals surface area contributed by atoms with E-state index >= 15 is 0 Å². The summed E-state index contributed by atoms with van der Waals surface area (Å²) >= 11 is 0. The summed E-state index contributed by atoms with van der Waals surface area (Å²) < 4.78 is 145. The van der Waals surface area contributed by atoms with Crippen molar-refractivity contribution in [3.63, 3.8) is 0 Å². The van der Waals surface area contributed by atoms with Gasteiger partial charge < -0.3 is 0 Å². The Morgan fingerprint density at radius 2 is 0.959 bits per heavy atom. The highest BCUT2D eigenvalue weighted by Crippen LogP contribution is 2.35. The number of benzene rings is 6. The van der Waals surface area contributed by atoms with Gasteiger partial charge in [-0.2, -0.15) is 15.0 Å². The minimum Gasteiger partial charge on any atom is -0.299 e. The van der Waals surface area contributed by atoms with E-state index in [1.807, 2.05) is 30.3 Å². The maximum atomic E-state index is 9.16. The molecular formula is C42H27N7. The fourth-order valence-electron chi connectivity index (χ4n) is 6.09. The van der Waals surface area contributed by atoms with E-state index in [1.165, 1.54) is 0 Å². The van der Waals surface area contributed by atoms with Crippen LogP contribution >= 0.6 is 0 Å². The second kappa shape index (κ2) is 10.9. The second-order valence-electron chi connectivity index (χ2n) is 10.8. The first-order valence-corrected chi connectivity index (χ1v) is 14.9. The highest BCUT2D eigenvalue weighted by molar-refractivity contribution is 6.10. The molecule has 10 rings (SSSR count). The monoisotopic (exact) mass is 645 g/mol. The number of nitrogens with zero attached hydrogens (tertiary/aromatic N) is 7. The fraction of sp³-hybridized carbons (Fsp3) is 0. The van der Waals surface area contributed by atoms with Crippen LogP contribution in [0.25, 0.3) is 84.0 Å². The molecule has 0 unspecified atom stereocenters. The summed E-state index contributed by atoms with van der Waals surface area (Å²) in [6.07, 6.45) is 3.28. The molecule has 0 radical (unpaired) electrons. The van der Waals surface area contributed by atoms with Crippen molar-refractivity contribution in [2.45, 2.75) is 0 Å². The van der Waals surface area contributed by atoms with Crippen molar-refractivity contribution in [3.05, 3.63) is 164 Å². The first kappa shape index (κ1) is 15.8. The van der Waals surface area contributed by atoms with Crippen LogP contribution in [0.4, 0.5) is 0 Å². The summed E-state index contributed by atoms with van der Waals surface area (Å²) in [4.78, 5) is 19.1. The van der Waals surface area contributed by atoms with E-state index in [2.05, 4.69) is 4.98 Å². The van der Waals surface area contributed by atoms with Crippen LogP contribution in [0.2, 0.25) is 0 Å². The average molecular weight is 646 g/mol. The molecule has 0 aliphatic rings. The Morgan fingerprint density at radius 3 is 1.49 bits per heavy atom. The molecule has 0 spiro atoms. The van der Waals surface area contributed by atoms with Gasteiger partial charge in [-0.05, 0) is 36.3 Å². The van der Waals surface area contributed by atoms with Gasteiger partial charge in [0.25, 0.3) is 0 Å². The topological polar surface area (TPSA) is 66.3 Å². The lowest BCUT2D eigenvalue weighted by Gasteiger charge is -2.15. The molecule has 4 heterocycles. The first-order chi connectivity index (χ1) is 31.0. The van der Waals surface area contributed by atoms with Gasteiger partial charge in [0.1, 0.15) is 5.82 Å². The van der Waals surface area contributed by atoms with Gasteiger partial charge in [-0.25, -0.2) is 4.98 Å². The summed E-state index contributed by atoms with van der Waals surface area (Å²) in [5.41, 5.74) is 0.142. The molecule has 4 aromatic heterocycles. The van der Waals surface area contributed by atoms with Crippen LogP contribution in [-0.2, 0) is 0 Å². The highest BCUT2D eigenvalue weighted by Gasteiger charge is 2.22. The molecule has 7 nitrogen and oxygen atoms in total. The van der Waals surface area contributed by atoms with Crippen LogP contribution in [0.1, 0.15) is 21.9 Å². The molecule has 0 aliphatic heterocycles. The molecule has 0 atom stereocenters. The average Bonchev–Trinajstić information content (AvgIpc) is 4.05. The van der Waals surface area contributed by atoms with Gasteiger partial charge in [-0.3, -0.25) is 13.7 Å². The number of rotatable bonds is 5. The van der Waals surface area contributed by atoms with Crippen molar-refractivity contribution in [2.24, 2.45) is 0 Å². The number of hydrogen-bond acceptors (Lipinski definition) is 4. The van der Waals surface area contributed by atoms with Gasteiger partial charge in [-0.1, -0.05) is 115 Å². The number of imidazole rings is 1. The highest BCUT2D eigenvalue weighted by atomic mass is 15.3. The molecule has 0 aliphatic carbocycles. The summed E-state index contributed by atoms with van der Waals surface area (Å²) in [6.45, 7) is 0. The van der Waals surface area contributed by atoms with Gasteiger partial charge in [0.05, 0.1) is 49.7 Å². The summed E-state index contributed by atoms with van der Waals surface area (Å²) in [5.74, 6) is -0.640. The summed E-state index contributed by atoms with van der Waals surface area (Å²) in [5, 5.41) is -1.08. The maximum absolute atomic E-state index is 9.16. The van der Waals surface area contributed by atoms with E-state index in [1.54, 1.807) is 41.2 Å². The van der Waals surface area contributed by atoms with Crippen LogP contribution in [-0.4, -0.2) is 33.6 Å². The van der Waals surface area contributed by atoms with Gasteiger partial charge in [0.15, 0.2) is 5.82 Å². The molecule has 0 saturated carbocycles. The predicted molar refractivity (Wildman–Crippen MR) is 196 cm³/mol. The zero-order chi connectivity index (χ0) is 46.2. The Balaban J connectivity index is 1.44. The van der Waals surface area contributed by atoms with Gasteiger partial charge in [0, 0.05) is 45.1 Å². The predicted octanol–water partition coefficient (Wildman–Crippen LogP) is 9.59. The standard InChI is InChI=1S/C42H27N7/c1-2-14-28(15-3-1)40-43-26-27-47(40)34-21-9-8-20-33(34)39-44-41(48-35-22-10-4-16-29(35)30-17-5-11-23-36(30)48)46-42(45-39)49-37-24-12-6-18-31(37)32-19-7-13-25-38(32)49/h1-27H/i4D,5D,6D,7D,10D,11D,12D,13D,16D,17D,18D,19D,22D,23D,24D,25D. The third-order valence-electron chi connectivity index (χ3n) is 8.15. The van der Waals surface area contributed by atoms with Crippen molar-refractivity contribution in [1.82, 2.24) is 33.6 Å². The lowest BCUT2D eigenvalue weighted by molar-refractivity contribution is 0.891. The van der Waals surface area contributed by atoms with Crippen LogP contribution in [0.15, 0.2) is 164 Å². The van der Waals surface area contributed by atoms with E-state index < -0.39 is 109 Å². The van der Waals surface area contributed by atoms with Crippen molar-refractivity contribution in [2.75, 3.05) is 0 Å². The lowest BCUT2D eigenvalue weighted by atomic mass is 10.1. The third kappa shape index (κ3) is 4.22. The van der Waals surface area contributed by atoms with E-state index in [0.717, 1.165) is 14.7 Å². The Hall–Kier alpha value is -6.86. The smallest absolute Gasteiger partial charge is 0.240 e. The van der Waals surface area contributed by atoms with E-state index in [4.69, 9.17) is 36.9 Å². The van der Waals surface area contributed by atoms with Crippen molar-refractivity contribution < 1.29 is 21.9 Å². The van der Waals surface area contributed by atoms with Gasteiger partial charge >= 0.3 is 0 Å². The molecule has 230 valence electrons. The number of aromatic nitrogens is 7. The largest absolute Gasteiger partial charge is 0.299 e. The molecule has 6 aromatic carbocycles. The fourth-order valence-corrected chi connectivity index (χ4v) is 6.09. The number of para-hydroxylation sites is 5. The first-order valence-electron chi connectivity index (χ1n) is 22.9. The van der Waals surface area contributed by atoms with Crippen molar-refractivity contribution in [3.8, 4) is 40.4 Å². The zero-order valence-corrected chi connectivity index (χ0v) is 25.0. The molecule has 7 heteroatoms. The molecule has 0 N–H and O–H groups in total. The third-order valence-corrected chi connectivity index (χ3v) is 8.15. The molecule has 0 bridgehead atoms. The van der Waals surface area contributed by atoms with E-state index in [-0.39, 0.29) is 55.0 Å². The van der Waals surface area contributed by atoms with Crippen molar-refractivity contribution >= 4 is 43.6 Å². The Bertz CT molecular complexity index is 3420. The summed E-state index contributed by atoms with van der Waals surface area (Å²) in [7, 11) is 0. The molecule has 0 amide bonds. The van der Waals surface area contributed by atoms with Gasteiger partial charge in [-0.15, -0.1) is 0 Å². The van der Waals surface area contributed by atoms with Crippen LogP contribution in [0.5, 0.6) is 0 Å². The molecule has 49 heavy (non-hydrogen) atoms. The molecule has 10 aromatic rings.